The van der Waals surface area contributed by atoms with Gasteiger partial charge in [-0.15, -0.1) is 0 Å². The summed E-state index contributed by atoms with van der Waals surface area (Å²) >= 11 is 5.97. The molecule has 0 N–H and O–H groups in total. The number of carbonyl (C=O) groups excluding carboxylic acids is 1. The number of hydrogen-bond donors (Lipinski definition) is 0. The Labute approximate surface area is 116 Å². The molecule has 0 aromatic heterocycles. The van der Waals surface area contributed by atoms with Crippen LogP contribution >= 0.6 is 11.6 Å². The molecule has 0 spiro atoms. The predicted octanol–water partition coefficient (Wildman–Crippen LogP) is 3.26. The van der Waals surface area contributed by atoms with E-state index in [0.29, 0.717) is 5.56 Å². The van der Waals surface area contributed by atoms with Crippen LogP contribution in [-0.4, -0.2) is 28.8 Å². The first-order valence-electron chi connectivity index (χ1n) is 6.22. The van der Waals surface area contributed by atoms with Gasteiger partial charge in [0, 0.05) is 25.2 Å². The van der Waals surface area contributed by atoms with Crippen molar-refractivity contribution in [3.8, 4) is 0 Å². The second kappa shape index (κ2) is 5.57. The van der Waals surface area contributed by atoms with Gasteiger partial charge < -0.3 is 4.90 Å². The summed E-state index contributed by atoms with van der Waals surface area (Å²) in [5, 5.41) is 10.8. The molecule has 0 radical (unpaired) electrons. The lowest BCUT2D eigenvalue weighted by Crippen LogP contribution is -2.35. The van der Waals surface area contributed by atoms with Crippen molar-refractivity contribution in [2.45, 2.75) is 31.7 Å². The van der Waals surface area contributed by atoms with E-state index in [9.17, 15) is 14.9 Å². The number of rotatable bonds is 3. The minimum atomic E-state index is -0.527. The fourth-order valence-corrected chi connectivity index (χ4v) is 2.69. The lowest BCUT2D eigenvalue weighted by atomic mass is 10.1. The first-order chi connectivity index (χ1) is 9.00. The molecule has 1 aliphatic carbocycles. The zero-order valence-electron chi connectivity index (χ0n) is 10.6. The topological polar surface area (TPSA) is 63.5 Å². The highest BCUT2D eigenvalue weighted by Gasteiger charge is 2.26. The van der Waals surface area contributed by atoms with Gasteiger partial charge >= 0.3 is 0 Å². The van der Waals surface area contributed by atoms with Crippen LogP contribution < -0.4 is 0 Å². The zero-order valence-corrected chi connectivity index (χ0v) is 11.4. The van der Waals surface area contributed by atoms with E-state index in [1.807, 2.05) is 0 Å². The van der Waals surface area contributed by atoms with Gasteiger partial charge in [-0.25, -0.2) is 0 Å². The minimum absolute atomic E-state index is 0.106. The summed E-state index contributed by atoms with van der Waals surface area (Å²) in [5.74, 6) is -0.174. The Morgan fingerprint density at radius 3 is 2.58 bits per heavy atom. The molecule has 102 valence electrons. The lowest BCUT2D eigenvalue weighted by Gasteiger charge is -2.24. The van der Waals surface area contributed by atoms with Crippen LogP contribution in [-0.2, 0) is 0 Å². The Bertz CT molecular complexity index is 513. The van der Waals surface area contributed by atoms with Gasteiger partial charge in [0.05, 0.1) is 15.5 Å². The van der Waals surface area contributed by atoms with Crippen LogP contribution in [0.4, 0.5) is 5.69 Å². The van der Waals surface area contributed by atoms with Crippen LogP contribution in [0, 0.1) is 10.1 Å². The molecule has 1 saturated carbocycles. The molecule has 1 amide bonds. The van der Waals surface area contributed by atoms with E-state index in [1.165, 1.54) is 18.2 Å². The lowest BCUT2D eigenvalue weighted by molar-refractivity contribution is -0.384. The molecule has 0 bridgehead atoms. The molecule has 0 aliphatic heterocycles. The molecule has 1 fully saturated rings. The summed E-state index contributed by atoms with van der Waals surface area (Å²) < 4.78 is 0. The minimum Gasteiger partial charge on any atom is -0.339 e. The van der Waals surface area contributed by atoms with Crippen LogP contribution in [0.2, 0.25) is 5.02 Å². The zero-order chi connectivity index (χ0) is 14.0. The Balaban J connectivity index is 2.21. The largest absolute Gasteiger partial charge is 0.339 e. The summed E-state index contributed by atoms with van der Waals surface area (Å²) in [6, 6.07) is 4.20. The molecule has 0 heterocycles. The Hall–Kier alpha value is -1.62. The van der Waals surface area contributed by atoms with E-state index in [-0.39, 0.29) is 22.7 Å². The second-order valence-electron chi connectivity index (χ2n) is 4.78. The van der Waals surface area contributed by atoms with Crippen LogP contribution in [0.5, 0.6) is 0 Å². The van der Waals surface area contributed by atoms with Crippen molar-refractivity contribution < 1.29 is 9.72 Å². The Morgan fingerprint density at radius 2 is 2.05 bits per heavy atom. The molecule has 0 saturated heterocycles. The van der Waals surface area contributed by atoms with Gasteiger partial charge in [0.25, 0.3) is 11.6 Å². The average Bonchev–Trinajstić information content (AvgIpc) is 2.90. The predicted molar refractivity (Wildman–Crippen MR) is 72.5 cm³/mol. The highest BCUT2D eigenvalue weighted by molar-refractivity contribution is 6.34. The number of benzene rings is 1. The SMILES string of the molecule is CN(C(=O)c1ccc([N+](=O)[O-])cc1Cl)C1CCCC1. The normalized spacial score (nSPS) is 15.5. The van der Waals surface area contributed by atoms with Gasteiger partial charge in [-0.1, -0.05) is 24.4 Å². The van der Waals surface area contributed by atoms with Crippen molar-refractivity contribution in [1.29, 1.82) is 0 Å². The van der Waals surface area contributed by atoms with Gasteiger partial charge in [0.1, 0.15) is 0 Å². The van der Waals surface area contributed by atoms with Crippen molar-refractivity contribution in [2.75, 3.05) is 7.05 Å². The molecule has 1 aromatic carbocycles. The Morgan fingerprint density at radius 1 is 1.42 bits per heavy atom. The van der Waals surface area contributed by atoms with Crippen molar-refractivity contribution in [2.24, 2.45) is 0 Å². The van der Waals surface area contributed by atoms with Gasteiger partial charge in [0.2, 0.25) is 0 Å². The standard InChI is InChI=1S/C13H15ClN2O3/c1-15(9-4-2-3-5-9)13(17)11-7-6-10(16(18)19)8-12(11)14/h6-9H,2-5H2,1H3. The van der Waals surface area contributed by atoms with Crippen LogP contribution in [0.15, 0.2) is 18.2 Å². The van der Waals surface area contributed by atoms with Crippen molar-refractivity contribution >= 4 is 23.2 Å². The molecule has 19 heavy (non-hydrogen) atoms. The van der Waals surface area contributed by atoms with Crippen molar-refractivity contribution in [3.05, 3.63) is 38.9 Å². The molecule has 1 aromatic rings. The van der Waals surface area contributed by atoms with E-state index in [4.69, 9.17) is 11.6 Å². The number of non-ortho nitro benzene ring substituents is 1. The second-order valence-corrected chi connectivity index (χ2v) is 5.18. The number of carbonyl (C=O) groups is 1. The maximum Gasteiger partial charge on any atom is 0.270 e. The van der Waals surface area contributed by atoms with Gasteiger partial charge in [0.15, 0.2) is 0 Å². The highest BCUT2D eigenvalue weighted by Crippen LogP contribution is 2.27. The first-order valence-corrected chi connectivity index (χ1v) is 6.59. The summed E-state index contributed by atoms with van der Waals surface area (Å²) in [4.78, 5) is 24.1. The fourth-order valence-electron chi connectivity index (χ4n) is 2.44. The number of halogens is 1. The first kappa shape index (κ1) is 13.8. The third-order valence-corrected chi connectivity index (χ3v) is 3.90. The maximum atomic E-state index is 12.3. The molecule has 2 rings (SSSR count). The maximum absolute atomic E-state index is 12.3. The van der Waals surface area contributed by atoms with Gasteiger partial charge in [-0.3, -0.25) is 14.9 Å². The molecular weight excluding hydrogens is 268 g/mol. The third-order valence-electron chi connectivity index (χ3n) is 3.59. The number of hydrogen-bond acceptors (Lipinski definition) is 3. The molecule has 6 heteroatoms. The average molecular weight is 283 g/mol. The van der Waals surface area contributed by atoms with E-state index in [2.05, 4.69) is 0 Å². The molecule has 5 nitrogen and oxygen atoms in total. The Kier molecular flexibility index (Phi) is 4.04. The number of nitro groups is 1. The number of nitro benzene ring substituents is 1. The van der Waals surface area contributed by atoms with E-state index < -0.39 is 4.92 Å². The third kappa shape index (κ3) is 2.87. The summed E-state index contributed by atoms with van der Waals surface area (Å²) in [6.45, 7) is 0. The highest BCUT2D eigenvalue weighted by atomic mass is 35.5. The van der Waals surface area contributed by atoms with E-state index in [0.717, 1.165) is 25.7 Å². The smallest absolute Gasteiger partial charge is 0.270 e. The number of amides is 1. The molecule has 0 atom stereocenters. The molecule has 0 unspecified atom stereocenters. The summed E-state index contributed by atoms with van der Waals surface area (Å²) in [5.41, 5.74) is 0.215. The quantitative estimate of drug-likeness (QED) is 0.631. The van der Waals surface area contributed by atoms with E-state index in [1.54, 1.807) is 11.9 Å². The molecular formula is C13H15ClN2O3. The van der Waals surface area contributed by atoms with Crippen LogP contribution in [0.3, 0.4) is 0 Å². The van der Waals surface area contributed by atoms with Crippen LogP contribution in [0.25, 0.3) is 0 Å². The molecule has 1 aliphatic rings. The van der Waals surface area contributed by atoms with E-state index >= 15 is 0 Å². The number of nitrogens with zero attached hydrogens (tertiary/aromatic N) is 2. The monoisotopic (exact) mass is 282 g/mol. The summed E-state index contributed by atoms with van der Waals surface area (Å²) in [6.07, 6.45) is 4.28. The summed E-state index contributed by atoms with van der Waals surface area (Å²) in [7, 11) is 1.76. The van der Waals surface area contributed by atoms with Gasteiger partial charge in [-0.05, 0) is 18.9 Å². The van der Waals surface area contributed by atoms with Crippen molar-refractivity contribution in [1.82, 2.24) is 4.90 Å². The van der Waals surface area contributed by atoms with Crippen molar-refractivity contribution in [3.63, 3.8) is 0 Å². The fraction of sp³-hybridized carbons (Fsp3) is 0.462. The van der Waals surface area contributed by atoms with Gasteiger partial charge in [-0.2, -0.15) is 0 Å². The van der Waals surface area contributed by atoms with Crippen LogP contribution in [0.1, 0.15) is 36.0 Å².